The molecule has 1 aliphatic heterocycles. The van der Waals surface area contributed by atoms with Crippen molar-refractivity contribution in [1.29, 1.82) is 0 Å². The summed E-state index contributed by atoms with van der Waals surface area (Å²) in [7, 11) is 3.08. The quantitative estimate of drug-likeness (QED) is 0.370. The zero-order chi connectivity index (χ0) is 26.4. The molecule has 196 valence electrons. The number of fused-ring (bicyclic) bond motifs is 1. The van der Waals surface area contributed by atoms with E-state index in [1.807, 2.05) is 4.90 Å². The molecular formula is C25H23F3N8O2. The maximum atomic E-state index is 13.1. The summed E-state index contributed by atoms with van der Waals surface area (Å²) in [4.78, 5) is 28.4. The summed E-state index contributed by atoms with van der Waals surface area (Å²) >= 11 is 0. The minimum absolute atomic E-state index is 0.191. The number of methoxy groups -OCH3 is 1. The van der Waals surface area contributed by atoms with E-state index >= 15 is 0 Å². The predicted octanol–water partition coefficient (Wildman–Crippen LogP) is 4.03. The molecule has 0 amide bonds. The fraction of sp³-hybridized carbons (Fsp3) is 0.360. The van der Waals surface area contributed by atoms with Crippen LogP contribution in [0.15, 0.2) is 37.1 Å². The van der Waals surface area contributed by atoms with Crippen LogP contribution in [-0.2, 0) is 19.8 Å². The average Bonchev–Trinajstić information content (AvgIpc) is 3.69. The van der Waals surface area contributed by atoms with Crippen molar-refractivity contribution in [3.05, 3.63) is 54.1 Å². The second kappa shape index (κ2) is 9.23. The molecule has 0 saturated heterocycles. The highest BCUT2D eigenvalue weighted by atomic mass is 19.4. The van der Waals surface area contributed by atoms with Crippen molar-refractivity contribution >= 4 is 5.82 Å². The SMILES string of the molecule is COc1ncnc(C2CC2)c1-c1ncc2c(n1)N(Cc1ccc(-c3nc(C(F)(F)F)cn3C)cn1)CCO2. The Labute approximate surface area is 215 Å². The Kier molecular flexibility index (Phi) is 5.84. The molecule has 0 N–H and O–H groups in total. The van der Waals surface area contributed by atoms with Gasteiger partial charge in [-0.25, -0.2) is 24.9 Å². The van der Waals surface area contributed by atoms with Crippen LogP contribution in [0.2, 0.25) is 0 Å². The van der Waals surface area contributed by atoms with Gasteiger partial charge in [0.1, 0.15) is 24.3 Å². The Hall–Kier alpha value is -4.29. The van der Waals surface area contributed by atoms with Crippen molar-refractivity contribution in [2.45, 2.75) is 31.5 Å². The van der Waals surface area contributed by atoms with Crippen molar-refractivity contribution in [3.63, 3.8) is 0 Å². The van der Waals surface area contributed by atoms with Crippen LogP contribution < -0.4 is 14.4 Å². The van der Waals surface area contributed by atoms with E-state index in [2.05, 4.69) is 24.9 Å². The molecule has 0 aromatic carbocycles. The Bertz CT molecular complexity index is 1490. The van der Waals surface area contributed by atoms with Crippen LogP contribution in [0.5, 0.6) is 11.6 Å². The van der Waals surface area contributed by atoms with E-state index in [4.69, 9.17) is 14.5 Å². The van der Waals surface area contributed by atoms with E-state index in [0.717, 1.165) is 24.7 Å². The number of hydrogen-bond acceptors (Lipinski definition) is 9. The van der Waals surface area contributed by atoms with Gasteiger partial charge < -0.3 is 18.9 Å². The monoisotopic (exact) mass is 524 g/mol. The minimum atomic E-state index is -4.51. The zero-order valence-electron chi connectivity index (χ0n) is 20.6. The van der Waals surface area contributed by atoms with Gasteiger partial charge in [-0.3, -0.25) is 4.98 Å². The van der Waals surface area contributed by atoms with Crippen LogP contribution in [-0.4, -0.2) is 54.7 Å². The van der Waals surface area contributed by atoms with Gasteiger partial charge >= 0.3 is 6.18 Å². The van der Waals surface area contributed by atoms with Crippen LogP contribution in [0.1, 0.15) is 35.8 Å². The lowest BCUT2D eigenvalue weighted by atomic mass is 10.1. The standard InChI is InChI=1S/C25H23F3N8O2/c1-35-12-18(25(26,27)28)33-22(35)15-5-6-16(29-9-15)11-36-7-8-38-17-10-30-21(34-23(17)36)19-20(14-3-4-14)31-13-32-24(19)37-2/h5-6,9-10,12-14H,3-4,7-8,11H2,1-2H3. The number of pyridine rings is 1. The van der Waals surface area contributed by atoms with Gasteiger partial charge in [0.2, 0.25) is 5.88 Å². The van der Waals surface area contributed by atoms with Gasteiger partial charge in [-0.2, -0.15) is 13.2 Å². The molecule has 38 heavy (non-hydrogen) atoms. The topological polar surface area (TPSA) is 104 Å². The fourth-order valence-electron chi connectivity index (χ4n) is 4.47. The molecule has 0 unspecified atom stereocenters. The van der Waals surface area contributed by atoms with E-state index in [-0.39, 0.29) is 5.82 Å². The molecule has 0 atom stereocenters. The summed E-state index contributed by atoms with van der Waals surface area (Å²) < 4.78 is 51.8. The fourth-order valence-corrected chi connectivity index (χ4v) is 4.47. The molecule has 4 aromatic heterocycles. The summed E-state index contributed by atoms with van der Waals surface area (Å²) in [5.74, 6) is 2.56. The number of aromatic nitrogens is 7. The number of rotatable bonds is 6. The lowest BCUT2D eigenvalue weighted by molar-refractivity contribution is -0.140. The Morgan fingerprint density at radius 1 is 1.08 bits per heavy atom. The first-order valence-electron chi connectivity index (χ1n) is 12.0. The number of aryl methyl sites for hydroxylation is 1. The number of alkyl halides is 3. The summed E-state index contributed by atoms with van der Waals surface area (Å²) in [5.41, 5.74) is 1.82. The third-order valence-electron chi connectivity index (χ3n) is 6.48. The van der Waals surface area contributed by atoms with Crippen molar-refractivity contribution in [1.82, 2.24) is 34.5 Å². The van der Waals surface area contributed by atoms with Gasteiger partial charge in [0.25, 0.3) is 0 Å². The van der Waals surface area contributed by atoms with E-state index in [1.54, 1.807) is 25.4 Å². The average molecular weight is 525 g/mol. The summed E-state index contributed by atoms with van der Waals surface area (Å²) in [6, 6.07) is 3.49. The zero-order valence-corrected chi connectivity index (χ0v) is 20.6. The molecule has 6 rings (SSSR count). The van der Waals surface area contributed by atoms with E-state index in [9.17, 15) is 13.2 Å². The molecule has 4 aromatic rings. The number of ether oxygens (including phenoxy) is 2. The Morgan fingerprint density at radius 2 is 1.92 bits per heavy atom. The number of anilines is 1. The second-order valence-corrected chi connectivity index (χ2v) is 9.17. The molecular weight excluding hydrogens is 501 g/mol. The number of halogens is 3. The van der Waals surface area contributed by atoms with Crippen molar-refractivity contribution in [2.75, 3.05) is 25.2 Å². The predicted molar refractivity (Wildman–Crippen MR) is 130 cm³/mol. The molecule has 0 spiro atoms. The normalized spacial score (nSPS) is 15.2. The van der Waals surface area contributed by atoms with Gasteiger partial charge in [-0.1, -0.05) is 0 Å². The highest BCUT2D eigenvalue weighted by molar-refractivity contribution is 5.69. The molecule has 0 radical (unpaired) electrons. The van der Waals surface area contributed by atoms with Gasteiger partial charge in [0, 0.05) is 30.9 Å². The van der Waals surface area contributed by atoms with Crippen LogP contribution in [0, 0.1) is 0 Å². The number of nitrogens with zero attached hydrogens (tertiary/aromatic N) is 8. The first kappa shape index (κ1) is 24.1. The first-order chi connectivity index (χ1) is 18.3. The second-order valence-electron chi connectivity index (χ2n) is 9.17. The molecule has 1 saturated carbocycles. The highest BCUT2D eigenvalue weighted by Crippen LogP contribution is 2.45. The third kappa shape index (κ3) is 4.48. The number of imidazole rings is 1. The summed E-state index contributed by atoms with van der Waals surface area (Å²) in [6.07, 6.45) is 3.21. The molecule has 13 heteroatoms. The summed E-state index contributed by atoms with van der Waals surface area (Å²) in [5, 5.41) is 0. The Balaban J connectivity index is 1.28. The maximum absolute atomic E-state index is 13.1. The van der Waals surface area contributed by atoms with Crippen LogP contribution in [0.25, 0.3) is 22.8 Å². The van der Waals surface area contributed by atoms with Crippen molar-refractivity contribution in [3.8, 4) is 34.4 Å². The molecule has 10 nitrogen and oxygen atoms in total. The van der Waals surface area contributed by atoms with E-state index < -0.39 is 11.9 Å². The van der Waals surface area contributed by atoms with Gasteiger partial charge in [-0.05, 0) is 25.0 Å². The van der Waals surface area contributed by atoms with E-state index in [1.165, 1.54) is 24.1 Å². The van der Waals surface area contributed by atoms with Crippen LogP contribution in [0.4, 0.5) is 19.0 Å². The largest absolute Gasteiger partial charge is 0.486 e. The molecule has 1 aliphatic carbocycles. The van der Waals surface area contributed by atoms with Gasteiger partial charge in [-0.15, -0.1) is 0 Å². The third-order valence-corrected chi connectivity index (χ3v) is 6.48. The molecule has 0 bridgehead atoms. The van der Waals surface area contributed by atoms with Crippen molar-refractivity contribution in [2.24, 2.45) is 7.05 Å². The van der Waals surface area contributed by atoms with Gasteiger partial charge in [0.15, 0.2) is 23.1 Å². The molecule has 1 fully saturated rings. The lowest BCUT2D eigenvalue weighted by Crippen LogP contribution is -2.33. The number of hydrogen-bond donors (Lipinski definition) is 0. The lowest BCUT2D eigenvalue weighted by Gasteiger charge is -2.30. The Morgan fingerprint density at radius 3 is 2.61 bits per heavy atom. The highest BCUT2D eigenvalue weighted by Gasteiger charge is 2.35. The summed E-state index contributed by atoms with van der Waals surface area (Å²) in [6.45, 7) is 1.44. The minimum Gasteiger partial charge on any atom is -0.486 e. The van der Waals surface area contributed by atoms with Crippen molar-refractivity contribution < 1.29 is 22.6 Å². The molecule has 5 heterocycles. The van der Waals surface area contributed by atoms with Gasteiger partial charge in [0.05, 0.1) is 37.8 Å². The first-order valence-corrected chi connectivity index (χ1v) is 12.0. The van der Waals surface area contributed by atoms with Crippen LogP contribution >= 0.6 is 0 Å². The molecule has 2 aliphatic rings. The van der Waals surface area contributed by atoms with E-state index in [0.29, 0.717) is 65.7 Å². The van der Waals surface area contributed by atoms with Crippen LogP contribution in [0.3, 0.4) is 0 Å². The maximum Gasteiger partial charge on any atom is 0.434 e. The smallest absolute Gasteiger partial charge is 0.434 e.